The molecule has 1 rings (SSSR count). The summed E-state index contributed by atoms with van der Waals surface area (Å²) in [5.41, 5.74) is 0. The van der Waals surface area contributed by atoms with E-state index in [4.69, 9.17) is 5.11 Å². The SMILES string of the molecule is O=C(O)CCCNC(=O)CN1CCCCCCC1=O. The van der Waals surface area contributed by atoms with Gasteiger partial charge in [-0.2, -0.15) is 0 Å². The summed E-state index contributed by atoms with van der Waals surface area (Å²) in [6, 6.07) is 0. The fraction of sp³-hybridized carbons (Fsp3) is 0.769. The van der Waals surface area contributed by atoms with Crippen molar-refractivity contribution in [3.63, 3.8) is 0 Å². The van der Waals surface area contributed by atoms with Crippen LogP contribution in [0.1, 0.15) is 44.9 Å². The minimum Gasteiger partial charge on any atom is -0.481 e. The third-order valence-electron chi connectivity index (χ3n) is 3.15. The van der Waals surface area contributed by atoms with Crippen molar-refractivity contribution in [1.82, 2.24) is 10.2 Å². The van der Waals surface area contributed by atoms with E-state index in [-0.39, 0.29) is 24.8 Å². The van der Waals surface area contributed by atoms with Crippen LogP contribution >= 0.6 is 0 Å². The van der Waals surface area contributed by atoms with Gasteiger partial charge < -0.3 is 15.3 Å². The molecule has 108 valence electrons. The smallest absolute Gasteiger partial charge is 0.303 e. The van der Waals surface area contributed by atoms with E-state index < -0.39 is 5.97 Å². The molecule has 0 aromatic rings. The highest BCUT2D eigenvalue weighted by Crippen LogP contribution is 2.11. The van der Waals surface area contributed by atoms with E-state index in [1.54, 1.807) is 4.90 Å². The molecular formula is C13H22N2O4. The van der Waals surface area contributed by atoms with Gasteiger partial charge in [0.05, 0.1) is 6.54 Å². The lowest BCUT2D eigenvalue weighted by Crippen LogP contribution is -2.41. The molecule has 0 radical (unpaired) electrons. The predicted octanol–water partition coefficient (Wildman–Crippen LogP) is 0.760. The van der Waals surface area contributed by atoms with E-state index in [9.17, 15) is 14.4 Å². The van der Waals surface area contributed by atoms with Crippen LogP contribution in [0.25, 0.3) is 0 Å². The van der Waals surface area contributed by atoms with Gasteiger partial charge in [-0.15, -0.1) is 0 Å². The number of carboxylic acids is 1. The molecule has 6 nitrogen and oxygen atoms in total. The van der Waals surface area contributed by atoms with Crippen LogP contribution in [0.3, 0.4) is 0 Å². The number of rotatable bonds is 6. The maximum absolute atomic E-state index is 11.8. The van der Waals surface area contributed by atoms with E-state index in [1.807, 2.05) is 0 Å². The molecular weight excluding hydrogens is 248 g/mol. The second kappa shape index (κ2) is 8.50. The van der Waals surface area contributed by atoms with Crippen LogP contribution in [-0.2, 0) is 14.4 Å². The Morgan fingerprint density at radius 2 is 1.95 bits per heavy atom. The number of hydrogen-bond donors (Lipinski definition) is 2. The molecule has 0 aromatic carbocycles. The van der Waals surface area contributed by atoms with E-state index >= 15 is 0 Å². The first-order valence-corrected chi connectivity index (χ1v) is 6.86. The molecule has 0 aliphatic carbocycles. The Bertz CT molecular complexity index is 331. The van der Waals surface area contributed by atoms with Gasteiger partial charge in [0.15, 0.2) is 0 Å². The number of carbonyl (C=O) groups excluding carboxylic acids is 2. The van der Waals surface area contributed by atoms with Gasteiger partial charge in [0.1, 0.15) is 0 Å². The molecule has 0 bridgehead atoms. The van der Waals surface area contributed by atoms with E-state index in [2.05, 4.69) is 5.32 Å². The summed E-state index contributed by atoms with van der Waals surface area (Å²) < 4.78 is 0. The lowest BCUT2D eigenvalue weighted by atomic mass is 10.1. The molecule has 0 atom stereocenters. The Morgan fingerprint density at radius 1 is 1.21 bits per heavy atom. The van der Waals surface area contributed by atoms with Gasteiger partial charge >= 0.3 is 5.97 Å². The van der Waals surface area contributed by atoms with E-state index in [1.165, 1.54) is 0 Å². The first-order chi connectivity index (χ1) is 9.09. The zero-order valence-electron chi connectivity index (χ0n) is 11.2. The summed E-state index contributed by atoms with van der Waals surface area (Å²) in [4.78, 5) is 35.3. The average molecular weight is 270 g/mol. The van der Waals surface area contributed by atoms with Crippen LogP contribution in [0.5, 0.6) is 0 Å². The monoisotopic (exact) mass is 270 g/mol. The van der Waals surface area contributed by atoms with E-state index in [0.717, 1.165) is 25.7 Å². The van der Waals surface area contributed by atoms with Gasteiger partial charge in [-0.1, -0.05) is 12.8 Å². The number of nitrogens with zero attached hydrogens (tertiary/aromatic N) is 1. The molecule has 0 unspecified atom stereocenters. The zero-order chi connectivity index (χ0) is 14.1. The fourth-order valence-corrected chi connectivity index (χ4v) is 2.08. The summed E-state index contributed by atoms with van der Waals surface area (Å²) >= 11 is 0. The Kier molecular flexibility index (Phi) is 6.92. The molecule has 1 aliphatic heterocycles. The lowest BCUT2D eigenvalue weighted by Gasteiger charge is -2.24. The van der Waals surface area contributed by atoms with E-state index in [0.29, 0.717) is 25.9 Å². The molecule has 1 saturated heterocycles. The van der Waals surface area contributed by atoms with Crippen LogP contribution in [0, 0.1) is 0 Å². The van der Waals surface area contributed by atoms with Gasteiger partial charge in [0.2, 0.25) is 11.8 Å². The van der Waals surface area contributed by atoms with Crippen molar-refractivity contribution >= 4 is 17.8 Å². The minimum absolute atomic E-state index is 0.0420. The van der Waals surface area contributed by atoms with Crippen molar-refractivity contribution in [3.8, 4) is 0 Å². The Labute approximate surface area is 113 Å². The van der Waals surface area contributed by atoms with Crippen LogP contribution in [0.2, 0.25) is 0 Å². The number of carboxylic acid groups (broad SMARTS) is 1. The van der Waals surface area contributed by atoms with Crippen molar-refractivity contribution in [2.45, 2.75) is 44.9 Å². The highest BCUT2D eigenvalue weighted by atomic mass is 16.4. The number of nitrogens with one attached hydrogen (secondary N) is 1. The quantitative estimate of drug-likeness (QED) is 0.698. The van der Waals surface area contributed by atoms with Crippen LogP contribution in [0.4, 0.5) is 0 Å². The average Bonchev–Trinajstić information content (AvgIpc) is 2.34. The van der Waals surface area contributed by atoms with Crippen molar-refractivity contribution in [2.24, 2.45) is 0 Å². The van der Waals surface area contributed by atoms with Crippen LogP contribution in [-0.4, -0.2) is 47.4 Å². The maximum Gasteiger partial charge on any atom is 0.303 e. The topological polar surface area (TPSA) is 86.7 Å². The summed E-state index contributed by atoms with van der Waals surface area (Å²) in [5.74, 6) is -1.03. The van der Waals surface area contributed by atoms with Crippen molar-refractivity contribution in [1.29, 1.82) is 0 Å². The van der Waals surface area contributed by atoms with Crippen molar-refractivity contribution in [3.05, 3.63) is 0 Å². The van der Waals surface area contributed by atoms with Gasteiger partial charge in [0.25, 0.3) is 0 Å². The van der Waals surface area contributed by atoms with Crippen molar-refractivity contribution < 1.29 is 19.5 Å². The molecule has 1 aliphatic rings. The third-order valence-corrected chi connectivity index (χ3v) is 3.15. The predicted molar refractivity (Wildman–Crippen MR) is 69.5 cm³/mol. The second-order valence-corrected chi connectivity index (χ2v) is 4.83. The molecule has 0 aromatic heterocycles. The molecule has 1 heterocycles. The molecule has 1 fully saturated rings. The summed E-state index contributed by atoms with van der Waals surface area (Å²) in [6.07, 6.45) is 5.00. The number of carbonyl (C=O) groups is 3. The first kappa shape index (κ1) is 15.5. The lowest BCUT2D eigenvalue weighted by molar-refractivity contribution is -0.137. The Morgan fingerprint density at radius 3 is 2.68 bits per heavy atom. The number of likely N-dealkylation sites (tertiary alicyclic amines) is 1. The molecule has 6 heteroatoms. The number of aliphatic carboxylic acids is 1. The summed E-state index contributed by atoms with van der Waals surface area (Å²) in [7, 11) is 0. The second-order valence-electron chi connectivity index (χ2n) is 4.83. The Balaban J connectivity index is 2.25. The Hall–Kier alpha value is -1.59. The third kappa shape index (κ3) is 6.79. The fourth-order valence-electron chi connectivity index (χ4n) is 2.08. The van der Waals surface area contributed by atoms with Gasteiger partial charge in [-0.25, -0.2) is 0 Å². The van der Waals surface area contributed by atoms with Gasteiger partial charge in [-0.3, -0.25) is 14.4 Å². The molecule has 0 spiro atoms. The summed E-state index contributed by atoms with van der Waals surface area (Å²) in [6.45, 7) is 1.07. The number of hydrogen-bond acceptors (Lipinski definition) is 3. The zero-order valence-corrected chi connectivity index (χ0v) is 11.2. The first-order valence-electron chi connectivity index (χ1n) is 6.86. The molecule has 0 saturated carbocycles. The standard InChI is InChI=1S/C13H22N2O4/c16-11(14-8-5-7-13(18)19)10-15-9-4-2-1-3-6-12(15)17/h1-10H2,(H,14,16)(H,18,19). The van der Waals surface area contributed by atoms with Gasteiger partial charge in [0, 0.05) is 25.9 Å². The normalized spacial score (nSPS) is 16.6. The van der Waals surface area contributed by atoms with Crippen LogP contribution in [0.15, 0.2) is 0 Å². The molecule has 2 amide bonds. The minimum atomic E-state index is -0.867. The highest BCUT2D eigenvalue weighted by molar-refractivity contribution is 5.84. The maximum atomic E-state index is 11.8. The van der Waals surface area contributed by atoms with Gasteiger partial charge in [-0.05, 0) is 19.3 Å². The highest BCUT2D eigenvalue weighted by Gasteiger charge is 2.17. The van der Waals surface area contributed by atoms with Crippen LogP contribution < -0.4 is 5.32 Å². The molecule has 19 heavy (non-hydrogen) atoms. The molecule has 2 N–H and O–H groups in total. The largest absolute Gasteiger partial charge is 0.481 e. The summed E-state index contributed by atoms with van der Waals surface area (Å²) in [5, 5.41) is 11.1. The van der Waals surface area contributed by atoms with Crippen molar-refractivity contribution in [2.75, 3.05) is 19.6 Å². The number of amides is 2.